The Morgan fingerprint density at radius 1 is 1.39 bits per heavy atom. The maximum absolute atomic E-state index is 12.1. The molecule has 0 spiro atoms. The number of amides is 1. The fourth-order valence-corrected chi connectivity index (χ4v) is 1.87. The molecule has 0 radical (unpaired) electrons. The van der Waals surface area contributed by atoms with E-state index >= 15 is 0 Å². The zero-order chi connectivity index (χ0) is 13.0. The van der Waals surface area contributed by atoms with Gasteiger partial charge < -0.3 is 10.4 Å². The highest BCUT2D eigenvalue weighted by Gasteiger charge is 2.10. The van der Waals surface area contributed by atoms with Gasteiger partial charge in [-0.2, -0.15) is 0 Å². The molecule has 0 saturated carbocycles. The average Bonchev–Trinajstić information content (AvgIpc) is 2.38. The van der Waals surface area contributed by atoms with Crippen molar-refractivity contribution in [2.45, 2.75) is 13.3 Å². The molecule has 1 aromatic carbocycles. The lowest BCUT2D eigenvalue weighted by atomic mass is 10.1. The number of hydrogen-bond acceptors (Lipinski definition) is 3. The third-order valence-electron chi connectivity index (χ3n) is 2.71. The molecule has 0 saturated heterocycles. The van der Waals surface area contributed by atoms with Gasteiger partial charge in [0, 0.05) is 24.2 Å². The number of rotatable bonds is 4. The van der Waals surface area contributed by atoms with Gasteiger partial charge in [0.25, 0.3) is 5.91 Å². The van der Waals surface area contributed by atoms with E-state index in [1.807, 2.05) is 31.2 Å². The first-order valence-corrected chi connectivity index (χ1v) is 5.98. The summed E-state index contributed by atoms with van der Waals surface area (Å²) in [6.45, 7) is 2.43. The van der Waals surface area contributed by atoms with E-state index < -0.39 is 0 Å². The van der Waals surface area contributed by atoms with Crippen LogP contribution < -0.4 is 5.32 Å². The zero-order valence-corrected chi connectivity index (χ0v) is 10.3. The number of fused-ring (bicyclic) bond motifs is 1. The van der Waals surface area contributed by atoms with Crippen molar-refractivity contribution in [2.75, 3.05) is 13.2 Å². The van der Waals surface area contributed by atoms with Crippen LogP contribution in [0.4, 0.5) is 0 Å². The van der Waals surface area contributed by atoms with Crippen LogP contribution in [0.1, 0.15) is 22.5 Å². The summed E-state index contributed by atoms with van der Waals surface area (Å²) >= 11 is 0. The SMILES string of the molecule is Cc1cc(C(=O)NCCCO)c2ccccc2n1. The minimum atomic E-state index is -0.120. The topological polar surface area (TPSA) is 62.2 Å². The lowest BCUT2D eigenvalue weighted by Crippen LogP contribution is -2.25. The number of hydrogen-bond donors (Lipinski definition) is 2. The summed E-state index contributed by atoms with van der Waals surface area (Å²) in [6.07, 6.45) is 0.563. The normalized spacial score (nSPS) is 10.6. The maximum atomic E-state index is 12.1. The van der Waals surface area contributed by atoms with Crippen molar-refractivity contribution in [3.05, 3.63) is 41.6 Å². The number of pyridine rings is 1. The first kappa shape index (κ1) is 12.5. The van der Waals surface area contributed by atoms with Gasteiger partial charge in [-0.05, 0) is 25.5 Å². The Morgan fingerprint density at radius 2 is 2.17 bits per heavy atom. The van der Waals surface area contributed by atoms with Crippen molar-refractivity contribution >= 4 is 16.8 Å². The van der Waals surface area contributed by atoms with Gasteiger partial charge in [-0.15, -0.1) is 0 Å². The van der Waals surface area contributed by atoms with Gasteiger partial charge in [-0.25, -0.2) is 0 Å². The van der Waals surface area contributed by atoms with E-state index in [1.165, 1.54) is 0 Å². The molecule has 2 aromatic rings. The van der Waals surface area contributed by atoms with Crippen LogP contribution in [0.3, 0.4) is 0 Å². The third kappa shape index (κ3) is 2.65. The number of carbonyl (C=O) groups excluding carboxylic acids is 1. The summed E-state index contributed by atoms with van der Waals surface area (Å²) in [5.41, 5.74) is 2.28. The largest absolute Gasteiger partial charge is 0.396 e. The Hall–Kier alpha value is -1.94. The molecule has 0 atom stereocenters. The standard InChI is InChI=1S/C14H16N2O2/c1-10-9-12(14(18)15-7-4-8-17)11-5-2-3-6-13(11)16-10/h2-3,5-6,9,17H,4,7-8H2,1H3,(H,15,18). The van der Waals surface area contributed by atoms with Crippen molar-refractivity contribution in [2.24, 2.45) is 0 Å². The van der Waals surface area contributed by atoms with Crippen molar-refractivity contribution in [1.82, 2.24) is 10.3 Å². The van der Waals surface area contributed by atoms with E-state index in [-0.39, 0.29) is 12.5 Å². The van der Waals surface area contributed by atoms with Crippen LogP contribution in [0.2, 0.25) is 0 Å². The number of benzene rings is 1. The second-order valence-electron chi connectivity index (χ2n) is 4.16. The van der Waals surface area contributed by atoms with Gasteiger partial charge in [0.1, 0.15) is 0 Å². The number of nitrogens with zero attached hydrogens (tertiary/aromatic N) is 1. The highest BCUT2D eigenvalue weighted by molar-refractivity contribution is 6.06. The van der Waals surface area contributed by atoms with Crippen molar-refractivity contribution < 1.29 is 9.90 Å². The Morgan fingerprint density at radius 3 is 2.94 bits per heavy atom. The van der Waals surface area contributed by atoms with Crippen LogP contribution >= 0.6 is 0 Å². The number of aliphatic hydroxyl groups is 1. The Kier molecular flexibility index (Phi) is 3.89. The van der Waals surface area contributed by atoms with Gasteiger partial charge in [0.05, 0.1) is 11.1 Å². The molecule has 1 heterocycles. The minimum Gasteiger partial charge on any atom is -0.396 e. The van der Waals surface area contributed by atoms with Gasteiger partial charge in [-0.1, -0.05) is 18.2 Å². The molecular formula is C14H16N2O2. The molecule has 0 bridgehead atoms. The molecular weight excluding hydrogens is 228 g/mol. The van der Waals surface area contributed by atoms with E-state index in [1.54, 1.807) is 6.07 Å². The summed E-state index contributed by atoms with van der Waals surface area (Å²) in [6, 6.07) is 9.37. The molecule has 0 aliphatic heterocycles. The molecule has 0 aliphatic rings. The Labute approximate surface area is 106 Å². The molecule has 4 heteroatoms. The van der Waals surface area contributed by atoms with Crippen molar-refractivity contribution in [3.8, 4) is 0 Å². The van der Waals surface area contributed by atoms with E-state index in [2.05, 4.69) is 10.3 Å². The van der Waals surface area contributed by atoms with Crippen molar-refractivity contribution in [3.63, 3.8) is 0 Å². The molecule has 4 nitrogen and oxygen atoms in total. The number of aliphatic hydroxyl groups excluding tert-OH is 1. The number of para-hydroxylation sites is 1. The quantitative estimate of drug-likeness (QED) is 0.804. The second-order valence-corrected chi connectivity index (χ2v) is 4.16. The number of carbonyl (C=O) groups is 1. The van der Waals surface area contributed by atoms with Crippen molar-refractivity contribution in [1.29, 1.82) is 0 Å². The molecule has 2 N–H and O–H groups in total. The van der Waals surface area contributed by atoms with E-state index in [9.17, 15) is 4.79 Å². The van der Waals surface area contributed by atoms with Gasteiger partial charge in [0.15, 0.2) is 0 Å². The summed E-state index contributed by atoms with van der Waals surface area (Å²) in [7, 11) is 0. The highest BCUT2D eigenvalue weighted by Crippen LogP contribution is 2.17. The third-order valence-corrected chi connectivity index (χ3v) is 2.71. The van der Waals surface area contributed by atoms with E-state index in [0.717, 1.165) is 16.6 Å². The molecule has 0 fully saturated rings. The van der Waals surface area contributed by atoms with Crippen LogP contribution in [0.25, 0.3) is 10.9 Å². The molecule has 94 valence electrons. The second kappa shape index (κ2) is 5.60. The van der Waals surface area contributed by atoms with Gasteiger partial charge in [0.2, 0.25) is 0 Å². The lowest BCUT2D eigenvalue weighted by molar-refractivity contribution is 0.0952. The molecule has 0 unspecified atom stereocenters. The lowest BCUT2D eigenvalue weighted by Gasteiger charge is -2.08. The smallest absolute Gasteiger partial charge is 0.252 e. The van der Waals surface area contributed by atoms with Crippen LogP contribution in [0, 0.1) is 6.92 Å². The summed E-state index contributed by atoms with van der Waals surface area (Å²) < 4.78 is 0. The number of nitrogens with one attached hydrogen (secondary N) is 1. The van der Waals surface area contributed by atoms with E-state index in [4.69, 9.17) is 5.11 Å². The number of aryl methyl sites for hydroxylation is 1. The average molecular weight is 244 g/mol. The molecule has 0 aliphatic carbocycles. The predicted octanol–water partition coefficient (Wildman–Crippen LogP) is 1.66. The Bertz CT molecular complexity index is 567. The predicted molar refractivity (Wildman–Crippen MR) is 70.5 cm³/mol. The summed E-state index contributed by atoms with van der Waals surface area (Å²) in [5.74, 6) is -0.120. The maximum Gasteiger partial charge on any atom is 0.252 e. The molecule has 18 heavy (non-hydrogen) atoms. The van der Waals surface area contributed by atoms with Gasteiger partial charge >= 0.3 is 0 Å². The van der Waals surface area contributed by atoms with Crippen LogP contribution in [0.5, 0.6) is 0 Å². The number of aromatic nitrogens is 1. The molecule has 2 rings (SSSR count). The zero-order valence-electron chi connectivity index (χ0n) is 10.3. The highest BCUT2D eigenvalue weighted by atomic mass is 16.3. The fraction of sp³-hybridized carbons (Fsp3) is 0.286. The first-order chi connectivity index (χ1) is 8.72. The summed E-state index contributed by atoms with van der Waals surface area (Å²) in [4.78, 5) is 16.5. The first-order valence-electron chi connectivity index (χ1n) is 5.98. The minimum absolute atomic E-state index is 0.0798. The fourth-order valence-electron chi connectivity index (χ4n) is 1.87. The van der Waals surface area contributed by atoms with Crippen LogP contribution in [-0.4, -0.2) is 29.1 Å². The monoisotopic (exact) mass is 244 g/mol. The summed E-state index contributed by atoms with van der Waals surface area (Å²) in [5, 5.41) is 12.3. The van der Waals surface area contributed by atoms with Crippen LogP contribution in [-0.2, 0) is 0 Å². The van der Waals surface area contributed by atoms with Gasteiger partial charge in [-0.3, -0.25) is 9.78 Å². The van der Waals surface area contributed by atoms with Crippen LogP contribution in [0.15, 0.2) is 30.3 Å². The van der Waals surface area contributed by atoms with E-state index in [0.29, 0.717) is 18.5 Å². The molecule has 1 aromatic heterocycles. The molecule has 1 amide bonds. The Balaban J connectivity index is 2.34.